The number of nitrogens with one attached hydrogen (secondary N) is 2. The number of hydrogen-bond donors (Lipinski definition) is 2. The van der Waals surface area contributed by atoms with Crippen molar-refractivity contribution < 1.29 is 27.6 Å². The number of benzene rings is 1. The summed E-state index contributed by atoms with van der Waals surface area (Å²) in [5, 5.41) is 15.4. The third-order valence-corrected chi connectivity index (χ3v) is 12.1. The second-order valence-electron chi connectivity index (χ2n) is 14.1. The van der Waals surface area contributed by atoms with E-state index >= 15 is 0 Å². The number of oxime groups is 1. The van der Waals surface area contributed by atoms with Crippen molar-refractivity contribution in [2.45, 2.75) is 96.9 Å². The van der Waals surface area contributed by atoms with E-state index in [0.717, 1.165) is 48.6 Å². The van der Waals surface area contributed by atoms with Crippen LogP contribution in [0.25, 0.3) is 0 Å². The molecule has 6 rings (SSSR count). The summed E-state index contributed by atoms with van der Waals surface area (Å²) in [6.07, 6.45) is 6.32. The van der Waals surface area contributed by atoms with Gasteiger partial charge in [0.1, 0.15) is 0 Å². The Bertz CT molecular complexity index is 1310. The molecule has 7 atom stereocenters. The van der Waals surface area contributed by atoms with E-state index in [1.165, 1.54) is 62.8 Å². The van der Waals surface area contributed by atoms with Crippen molar-refractivity contribution in [3.63, 3.8) is 0 Å². The van der Waals surface area contributed by atoms with E-state index in [2.05, 4.69) is 46.8 Å². The first kappa shape index (κ1) is 30.1. The largest absolute Gasteiger partial charge is 0.442 e. The lowest BCUT2D eigenvalue weighted by atomic mass is 9.45. The number of carbonyl (C=O) groups excluding carboxylic acids is 2. The normalized spacial score (nSPS) is 36.7. The van der Waals surface area contributed by atoms with Crippen LogP contribution in [0.5, 0.6) is 0 Å². The Kier molecular flexibility index (Phi) is 7.60. The Morgan fingerprint density at radius 1 is 1.00 bits per heavy atom. The van der Waals surface area contributed by atoms with Crippen LogP contribution in [-0.4, -0.2) is 30.4 Å². The minimum Gasteiger partial charge on any atom is -0.386 e. The highest BCUT2D eigenvalue weighted by Gasteiger charge is 2.65. The molecule has 234 valence electrons. The molecule has 8 nitrogen and oxygen atoms in total. The predicted molar refractivity (Wildman–Crippen MR) is 154 cm³/mol. The summed E-state index contributed by atoms with van der Waals surface area (Å²) in [4.78, 5) is 29.8. The Morgan fingerprint density at radius 3 is 2.42 bits per heavy atom. The van der Waals surface area contributed by atoms with Gasteiger partial charge in [0.25, 0.3) is 5.91 Å². The number of amides is 3. The van der Waals surface area contributed by atoms with E-state index in [4.69, 9.17) is 4.84 Å². The van der Waals surface area contributed by atoms with Crippen LogP contribution in [0.2, 0.25) is 0 Å². The number of urea groups is 1. The zero-order valence-corrected chi connectivity index (χ0v) is 25.2. The molecule has 0 unspecified atom stereocenters. The quantitative estimate of drug-likeness (QED) is 0.336. The van der Waals surface area contributed by atoms with Gasteiger partial charge in [0.2, 0.25) is 0 Å². The summed E-state index contributed by atoms with van der Waals surface area (Å²) in [6, 6.07) is 4.74. The Hall–Kier alpha value is -2.98. The van der Waals surface area contributed by atoms with E-state index in [9.17, 15) is 22.8 Å². The van der Waals surface area contributed by atoms with Gasteiger partial charge in [-0.05, 0) is 104 Å². The number of imide groups is 1. The number of hydrogen-bond acceptors (Lipinski definition) is 6. The first-order chi connectivity index (χ1) is 20.4. The van der Waals surface area contributed by atoms with Crippen molar-refractivity contribution >= 4 is 17.6 Å². The maximum absolute atomic E-state index is 13.1. The summed E-state index contributed by atoms with van der Waals surface area (Å²) in [7, 11) is 0. The second-order valence-corrected chi connectivity index (χ2v) is 14.1. The fourth-order valence-electron chi connectivity index (χ4n) is 9.27. The number of rotatable bonds is 6. The van der Waals surface area contributed by atoms with Gasteiger partial charge < -0.3 is 10.2 Å². The topological polar surface area (TPSA) is 105 Å². The molecular formula is C32H42F3N5O3. The molecule has 5 aliphatic rings. The number of halogens is 3. The zero-order valence-electron chi connectivity index (χ0n) is 25.2. The van der Waals surface area contributed by atoms with Crippen LogP contribution in [0.1, 0.15) is 89.7 Å². The first-order valence-electron chi connectivity index (χ1n) is 15.7. The third-order valence-electron chi connectivity index (χ3n) is 12.1. The molecule has 1 heterocycles. The maximum Gasteiger partial charge on any atom is 0.442 e. The minimum atomic E-state index is -4.59. The van der Waals surface area contributed by atoms with Gasteiger partial charge in [-0.25, -0.2) is 4.79 Å². The molecule has 0 saturated heterocycles. The Morgan fingerprint density at radius 2 is 1.72 bits per heavy atom. The minimum absolute atomic E-state index is 0.0247. The monoisotopic (exact) mass is 601 g/mol. The van der Waals surface area contributed by atoms with Gasteiger partial charge in [-0.15, -0.1) is 10.2 Å². The number of nitrogens with zero attached hydrogens (tertiary/aromatic N) is 3. The molecule has 3 amide bonds. The molecule has 1 aromatic carbocycles. The lowest BCUT2D eigenvalue weighted by Crippen LogP contribution is -2.53. The molecule has 0 bridgehead atoms. The molecule has 2 N–H and O–H groups in total. The van der Waals surface area contributed by atoms with E-state index in [1.54, 1.807) is 0 Å². The molecule has 1 aliphatic heterocycles. The fourth-order valence-corrected chi connectivity index (χ4v) is 9.27. The van der Waals surface area contributed by atoms with Gasteiger partial charge in [0.15, 0.2) is 6.61 Å². The van der Waals surface area contributed by atoms with Gasteiger partial charge in [-0.3, -0.25) is 10.1 Å². The van der Waals surface area contributed by atoms with Gasteiger partial charge in [0.05, 0.1) is 5.71 Å². The van der Waals surface area contributed by atoms with Gasteiger partial charge in [-0.1, -0.05) is 50.2 Å². The summed E-state index contributed by atoms with van der Waals surface area (Å²) < 4.78 is 39.4. The highest BCUT2D eigenvalue weighted by molar-refractivity contribution is 5.95. The van der Waals surface area contributed by atoms with Crippen molar-refractivity contribution in [2.75, 3.05) is 6.61 Å². The molecule has 0 radical (unpaired) electrons. The van der Waals surface area contributed by atoms with Crippen molar-refractivity contribution in [2.24, 2.45) is 55.8 Å². The van der Waals surface area contributed by atoms with E-state index in [0.29, 0.717) is 22.3 Å². The van der Waals surface area contributed by atoms with Crippen LogP contribution >= 0.6 is 0 Å². The first-order valence-corrected chi connectivity index (χ1v) is 15.7. The molecule has 0 aromatic heterocycles. The van der Waals surface area contributed by atoms with Crippen molar-refractivity contribution in [1.29, 1.82) is 0 Å². The van der Waals surface area contributed by atoms with Crippen LogP contribution in [-0.2, 0) is 21.8 Å². The van der Waals surface area contributed by atoms with E-state index in [1.807, 2.05) is 0 Å². The number of alkyl halides is 3. The smallest absolute Gasteiger partial charge is 0.386 e. The highest BCUT2D eigenvalue weighted by Crippen LogP contribution is 2.67. The van der Waals surface area contributed by atoms with Crippen molar-refractivity contribution in [3.05, 3.63) is 35.4 Å². The molecule has 0 spiro atoms. The van der Waals surface area contributed by atoms with Crippen molar-refractivity contribution in [1.82, 2.24) is 10.6 Å². The number of carbonyl (C=O) groups is 2. The SMILES string of the molecule is C[C@H]1CC[C@H]2[C@@H]3CC[C@H]4C/C(=N/OCC(=O)NC(=O)NCc5ccc(C6(C(F)(F)F)N=N6)cc5)CC[C@]4(C)[C@H]3CC[C@]12C. The van der Waals surface area contributed by atoms with Crippen LogP contribution in [0.15, 0.2) is 39.6 Å². The van der Waals surface area contributed by atoms with Crippen LogP contribution in [0.4, 0.5) is 18.0 Å². The van der Waals surface area contributed by atoms with Crippen LogP contribution in [0.3, 0.4) is 0 Å². The lowest BCUT2D eigenvalue weighted by Gasteiger charge is -2.60. The lowest BCUT2D eigenvalue weighted by molar-refractivity contribution is -0.166. The van der Waals surface area contributed by atoms with Gasteiger partial charge in [0, 0.05) is 12.1 Å². The molecule has 4 saturated carbocycles. The summed E-state index contributed by atoms with van der Waals surface area (Å²) in [6.45, 7) is 7.20. The second kappa shape index (κ2) is 10.9. The summed E-state index contributed by atoms with van der Waals surface area (Å²) in [5.41, 5.74) is -0.142. The number of fused-ring (bicyclic) bond motifs is 5. The molecule has 11 heteroatoms. The maximum atomic E-state index is 13.1. The summed E-state index contributed by atoms with van der Waals surface area (Å²) >= 11 is 0. The van der Waals surface area contributed by atoms with Crippen molar-refractivity contribution in [3.8, 4) is 0 Å². The summed E-state index contributed by atoms with van der Waals surface area (Å²) in [5.74, 6) is 3.32. The molecule has 43 heavy (non-hydrogen) atoms. The van der Waals surface area contributed by atoms with Crippen LogP contribution in [0, 0.1) is 40.4 Å². The van der Waals surface area contributed by atoms with Gasteiger partial charge >= 0.3 is 17.9 Å². The third kappa shape index (κ3) is 5.35. The van der Waals surface area contributed by atoms with Crippen LogP contribution < -0.4 is 10.6 Å². The predicted octanol–water partition coefficient (Wildman–Crippen LogP) is 7.24. The van der Waals surface area contributed by atoms with E-state index < -0.39 is 23.8 Å². The zero-order chi connectivity index (χ0) is 30.6. The standard InChI is InChI=1S/C32H42F3N5O3/c1-19-4-11-25-24-10-9-22-16-23(12-14-30(22,3)26(24)13-15-29(19,25)2)38-43-18-27(41)37-28(42)36-17-20-5-7-21(8-6-20)31(39-40-31)32(33,34)35/h5-8,19,22,24-26H,4,9-18H2,1-3H3,(H2,36,37,41,42)/b38-23+/t19-,22-,24-,25-,26-,29+,30-/m0/s1. The average molecular weight is 602 g/mol. The average Bonchev–Trinajstić information content (AvgIpc) is 3.73. The van der Waals surface area contributed by atoms with Gasteiger partial charge in [-0.2, -0.15) is 13.2 Å². The molecule has 1 aromatic rings. The fraction of sp³-hybridized carbons (Fsp3) is 0.719. The Balaban J connectivity index is 0.939. The highest BCUT2D eigenvalue weighted by atomic mass is 19.4. The molecular weight excluding hydrogens is 559 g/mol. The molecule has 4 fully saturated rings. The van der Waals surface area contributed by atoms with E-state index in [-0.39, 0.29) is 18.7 Å². The Labute approximate surface area is 250 Å². The molecule has 4 aliphatic carbocycles.